The number of nitrogens with zero attached hydrogens (tertiary/aromatic N) is 1. The van der Waals surface area contributed by atoms with Crippen LogP contribution in [0.15, 0.2) is 36.4 Å². The lowest BCUT2D eigenvalue weighted by molar-refractivity contribution is -0.133. The topological polar surface area (TPSA) is 83.5 Å². The van der Waals surface area contributed by atoms with Crippen LogP contribution in [0.3, 0.4) is 0 Å². The molecular weight excluding hydrogens is 416 g/mol. The zero-order valence-corrected chi connectivity index (χ0v) is 16.9. The molecule has 1 heterocycles. The first-order valence-corrected chi connectivity index (χ1v) is 9.30. The molecule has 1 aliphatic heterocycles. The van der Waals surface area contributed by atoms with Gasteiger partial charge in [-0.3, -0.25) is 4.79 Å². The summed E-state index contributed by atoms with van der Waals surface area (Å²) in [6, 6.07) is 8.99. The minimum absolute atomic E-state index is 0.0285. The molecule has 2 aromatic rings. The molecule has 0 radical (unpaired) electrons. The number of rotatable bonds is 8. The number of halogens is 2. The van der Waals surface area contributed by atoms with E-state index in [4.69, 9.17) is 18.9 Å². The van der Waals surface area contributed by atoms with Crippen LogP contribution in [0.5, 0.6) is 23.0 Å². The summed E-state index contributed by atoms with van der Waals surface area (Å²) in [7, 11) is 2.83. The maximum absolute atomic E-state index is 12.4. The standard InChI is InChI=1S/C21H21F2NO7/c1-24(11-13-3-5-15-18(9-13)29-8-7-28-15)19(25)12-30-20(26)14-4-6-16(31-21(22)23)17(10-14)27-2/h3-6,9-10,21H,7-8,11-12H2,1-2H3. The zero-order chi connectivity index (χ0) is 22.4. The molecule has 0 fully saturated rings. The molecule has 0 atom stereocenters. The quantitative estimate of drug-likeness (QED) is 0.588. The fraction of sp³-hybridized carbons (Fsp3) is 0.333. The number of hydrogen-bond acceptors (Lipinski definition) is 7. The van der Waals surface area contributed by atoms with Gasteiger partial charge in [0.05, 0.1) is 12.7 Å². The van der Waals surface area contributed by atoms with Gasteiger partial charge in [-0.05, 0) is 35.9 Å². The largest absolute Gasteiger partial charge is 0.493 e. The van der Waals surface area contributed by atoms with Crippen LogP contribution in [0.2, 0.25) is 0 Å². The average molecular weight is 437 g/mol. The Kier molecular flexibility index (Phi) is 7.11. The molecule has 0 unspecified atom stereocenters. The molecule has 31 heavy (non-hydrogen) atoms. The van der Waals surface area contributed by atoms with Crippen molar-refractivity contribution >= 4 is 11.9 Å². The van der Waals surface area contributed by atoms with Gasteiger partial charge in [0.15, 0.2) is 29.6 Å². The molecule has 166 valence electrons. The average Bonchev–Trinajstić information content (AvgIpc) is 2.76. The molecule has 0 aromatic heterocycles. The molecule has 0 N–H and O–H groups in total. The van der Waals surface area contributed by atoms with Gasteiger partial charge in [0, 0.05) is 13.6 Å². The maximum atomic E-state index is 12.4. The predicted octanol–water partition coefficient (Wildman–Crippen LogP) is 2.88. The molecule has 0 spiro atoms. The van der Waals surface area contributed by atoms with Gasteiger partial charge >= 0.3 is 12.6 Å². The number of amides is 1. The minimum Gasteiger partial charge on any atom is -0.493 e. The second-order valence-corrected chi connectivity index (χ2v) is 6.55. The van der Waals surface area contributed by atoms with Crippen molar-refractivity contribution in [3.63, 3.8) is 0 Å². The number of likely N-dealkylation sites (N-methyl/N-ethyl adjacent to an activating group) is 1. The molecule has 2 aromatic carbocycles. The van der Waals surface area contributed by atoms with E-state index < -0.39 is 25.1 Å². The van der Waals surface area contributed by atoms with Crippen molar-refractivity contribution in [1.82, 2.24) is 4.90 Å². The van der Waals surface area contributed by atoms with E-state index >= 15 is 0 Å². The Morgan fingerprint density at radius 1 is 1.06 bits per heavy atom. The number of esters is 1. The van der Waals surface area contributed by atoms with Crippen molar-refractivity contribution in [1.29, 1.82) is 0 Å². The van der Waals surface area contributed by atoms with Gasteiger partial charge in [0.25, 0.3) is 5.91 Å². The number of methoxy groups -OCH3 is 1. The van der Waals surface area contributed by atoms with Crippen LogP contribution >= 0.6 is 0 Å². The molecule has 0 aliphatic carbocycles. The normalized spacial score (nSPS) is 12.3. The van der Waals surface area contributed by atoms with Crippen LogP contribution in [-0.2, 0) is 16.1 Å². The Balaban J connectivity index is 1.55. The molecule has 8 nitrogen and oxygen atoms in total. The van der Waals surface area contributed by atoms with Gasteiger partial charge < -0.3 is 28.6 Å². The zero-order valence-electron chi connectivity index (χ0n) is 16.9. The van der Waals surface area contributed by atoms with E-state index in [1.54, 1.807) is 19.2 Å². The number of benzene rings is 2. The molecule has 3 rings (SSSR count). The SMILES string of the molecule is COc1cc(C(=O)OCC(=O)N(C)Cc2ccc3c(c2)OCCO3)ccc1OC(F)F. The Bertz CT molecular complexity index is 951. The molecule has 1 amide bonds. The van der Waals surface area contributed by atoms with Gasteiger partial charge in [-0.15, -0.1) is 0 Å². The van der Waals surface area contributed by atoms with Crippen molar-refractivity contribution in [2.45, 2.75) is 13.2 Å². The lowest BCUT2D eigenvalue weighted by Gasteiger charge is -2.21. The molecule has 0 saturated heterocycles. The Hall–Kier alpha value is -3.56. The first kappa shape index (κ1) is 22.1. The monoisotopic (exact) mass is 437 g/mol. The lowest BCUT2D eigenvalue weighted by atomic mass is 10.2. The van der Waals surface area contributed by atoms with Gasteiger partial charge in [0.1, 0.15) is 13.2 Å². The van der Waals surface area contributed by atoms with Gasteiger partial charge in [-0.1, -0.05) is 6.07 Å². The van der Waals surface area contributed by atoms with Crippen molar-refractivity contribution < 1.29 is 42.1 Å². The van der Waals surface area contributed by atoms with Crippen LogP contribution < -0.4 is 18.9 Å². The number of ether oxygens (including phenoxy) is 5. The third kappa shape index (κ3) is 5.74. The van der Waals surface area contributed by atoms with E-state index in [9.17, 15) is 18.4 Å². The van der Waals surface area contributed by atoms with E-state index in [2.05, 4.69) is 4.74 Å². The molecule has 1 aliphatic rings. The van der Waals surface area contributed by atoms with Crippen molar-refractivity contribution in [2.75, 3.05) is 34.0 Å². The van der Waals surface area contributed by atoms with E-state index in [1.807, 2.05) is 6.07 Å². The highest BCUT2D eigenvalue weighted by atomic mass is 19.3. The second-order valence-electron chi connectivity index (χ2n) is 6.55. The number of carbonyl (C=O) groups is 2. The second kappa shape index (κ2) is 9.96. The van der Waals surface area contributed by atoms with E-state index in [1.165, 1.54) is 24.1 Å². The van der Waals surface area contributed by atoms with Gasteiger partial charge in [0.2, 0.25) is 0 Å². The molecular formula is C21H21F2NO7. The first-order chi connectivity index (χ1) is 14.9. The summed E-state index contributed by atoms with van der Waals surface area (Å²) in [6.45, 7) is -2.29. The Morgan fingerprint density at radius 3 is 2.52 bits per heavy atom. The summed E-state index contributed by atoms with van der Waals surface area (Å²) in [5.41, 5.74) is 0.853. The number of fused-ring (bicyclic) bond motifs is 1. The summed E-state index contributed by atoms with van der Waals surface area (Å²) in [6.07, 6.45) is 0. The van der Waals surface area contributed by atoms with Crippen LogP contribution in [0, 0.1) is 0 Å². The van der Waals surface area contributed by atoms with Crippen LogP contribution in [0.4, 0.5) is 8.78 Å². The smallest absolute Gasteiger partial charge is 0.387 e. The van der Waals surface area contributed by atoms with Crippen molar-refractivity contribution in [2.24, 2.45) is 0 Å². The molecule has 0 saturated carbocycles. The summed E-state index contributed by atoms with van der Waals surface area (Å²) in [5, 5.41) is 0. The predicted molar refractivity (Wildman–Crippen MR) is 104 cm³/mol. The van der Waals surface area contributed by atoms with Gasteiger partial charge in [-0.25, -0.2) is 4.79 Å². The van der Waals surface area contributed by atoms with Crippen molar-refractivity contribution in [3.8, 4) is 23.0 Å². The van der Waals surface area contributed by atoms with E-state index in [0.717, 1.165) is 11.6 Å². The Labute approximate surface area is 177 Å². The van der Waals surface area contributed by atoms with Crippen LogP contribution in [0.1, 0.15) is 15.9 Å². The third-order valence-corrected chi connectivity index (χ3v) is 4.39. The van der Waals surface area contributed by atoms with E-state index in [0.29, 0.717) is 24.7 Å². The highest BCUT2D eigenvalue weighted by Crippen LogP contribution is 2.31. The number of hydrogen-bond donors (Lipinski definition) is 0. The fourth-order valence-corrected chi connectivity index (χ4v) is 2.86. The fourth-order valence-electron chi connectivity index (χ4n) is 2.86. The maximum Gasteiger partial charge on any atom is 0.387 e. The number of alkyl halides is 2. The van der Waals surface area contributed by atoms with Crippen molar-refractivity contribution in [3.05, 3.63) is 47.5 Å². The summed E-state index contributed by atoms with van der Waals surface area (Å²) in [4.78, 5) is 26.0. The molecule has 0 bridgehead atoms. The Morgan fingerprint density at radius 2 is 1.81 bits per heavy atom. The van der Waals surface area contributed by atoms with Crippen LogP contribution in [-0.4, -0.2) is 57.4 Å². The third-order valence-electron chi connectivity index (χ3n) is 4.39. The van der Waals surface area contributed by atoms with E-state index in [-0.39, 0.29) is 23.6 Å². The highest BCUT2D eigenvalue weighted by Gasteiger charge is 2.18. The lowest BCUT2D eigenvalue weighted by Crippen LogP contribution is -2.31. The summed E-state index contributed by atoms with van der Waals surface area (Å²) >= 11 is 0. The number of carbonyl (C=O) groups excluding carboxylic acids is 2. The molecule has 10 heteroatoms. The summed E-state index contributed by atoms with van der Waals surface area (Å²) in [5.74, 6) is -0.237. The highest BCUT2D eigenvalue weighted by molar-refractivity contribution is 5.92. The van der Waals surface area contributed by atoms with Crippen LogP contribution in [0.25, 0.3) is 0 Å². The summed E-state index contributed by atoms with van der Waals surface area (Å²) < 4.78 is 50.1. The minimum atomic E-state index is -3.03. The van der Waals surface area contributed by atoms with Gasteiger partial charge in [-0.2, -0.15) is 8.78 Å². The first-order valence-electron chi connectivity index (χ1n) is 9.30.